The van der Waals surface area contributed by atoms with Crippen LogP contribution in [0, 0.1) is 11.8 Å². The van der Waals surface area contributed by atoms with Crippen molar-refractivity contribution < 1.29 is 24.2 Å². The second-order valence-corrected chi connectivity index (χ2v) is 11.6. The van der Waals surface area contributed by atoms with E-state index in [0.717, 1.165) is 12.8 Å². The number of carbonyl (C=O) groups excluding carboxylic acids is 3. The number of thioether (sulfide) groups is 1. The molecule has 0 saturated carbocycles. The molecule has 33 heavy (non-hydrogen) atoms. The third-order valence-electron chi connectivity index (χ3n) is 7.60. The Morgan fingerprint density at radius 2 is 1.97 bits per heavy atom. The van der Waals surface area contributed by atoms with Gasteiger partial charge in [-0.15, -0.1) is 11.8 Å². The summed E-state index contributed by atoms with van der Waals surface area (Å²) in [7, 11) is 0. The fraction of sp³-hybridized carbons (Fsp3) is 0.720. The molecule has 0 aromatic heterocycles. The van der Waals surface area contributed by atoms with Gasteiger partial charge < -0.3 is 19.6 Å². The molecule has 0 aliphatic carbocycles. The Labute approximate surface area is 200 Å². The molecule has 2 unspecified atom stereocenters. The van der Waals surface area contributed by atoms with E-state index in [1.54, 1.807) is 16.7 Å². The van der Waals surface area contributed by atoms with Crippen LogP contribution in [0.25, 0.3) is 0 Å². The van der Waals surface area contributed by atoms with Gasteiger partial charge in [0.25, 0.3) is 0 Å². The summed E-state index contributed by atoms with van der Waals surface area (Å²) in [5.41, 5.74) is 0. The van der Waals surface area contributed by atoms with Crippen molar-refractivity contribution in [2.75, 3.05) is 26.3 Å². The molecule has 1 N–H and O–H groups in total. The number of aliphatic hydroxyl groups excluding tert-OH is 1. The van der Waals surface area contributed by atoms with E-state index in [1.165, 1.54) is 0 Å². The van der Waals surface area contributed by atoms with Gasteiger partial charge in [-0.25, -0.2) is 0 Å². The molecular weight excluding hydrogens is 440 g/mol. The minimum Gasteiger partial charge on any atom is -0.465 e. The monoisotopic (exact) mass is 476 g/mol. The van der Waals surface area contributed by atoms with E-state index in [4.69, 9.17) is 4.74 Å². The van der Waals surface area contributed by atoms with E-state index in [-0.39, 0.29) is 30.4 Å². The number of hydrogen-bond acceptors (Lipinski definition) is 6. The zero-order valence-corrected chi connectivity index (χ0v) is 20.7. The van der Waals surface area contributed by atoms with Crippen molar-refractivity contribution >= 4 is 29.5 Å². The van der Waals surface area contributed by atoms with Gasteiger partial charge in [-0.2, -0.15) is 0 Å². The van der Waals surface area contributed by atoms with Crippen molar-refractivity contribution in [3.8, 4) is 0 Å². The zero-order valence-electron chi connectivity index (χ0n) is 19.9. The van der Waals surface area contributed by atoms with Gasteiger partial charge in [-0.1, -0.05) is 37.6 Å². The SMILES string of the molecule is CCCC(C)N1CC=C[C@]23S[C@]4(C)C=CCCOC(=O)[C@@H]4[C@H]2C(=O)N(CCCCO)C3C1=O. The number of unbranched alkanes of at least 4 members (excludes halogenated alkanes) is 1. The van der Waals surface area contributed by atoms with E-state index >= 15 is 0 Å². The van der Waals surface area contributed by atoms with Crippen molar-refractivity contribution in [2.24, 2.45) is 11.8 Å². The molecule has 182 valence electrons. The van der Waals surface area contributed by atoms with Gasteiger partial charge in [-0.3, -0.25) is 14.4 Å². The maximum Gasteiger partial charge on any atom is 0.311 e. The smallest absolute Gasteiger partial charge is 0.311 e. The Kier molecular flexibility index (Phi) is 6.97. The molecule has 0 aromatic carbocycles. The number of fused-ring (bicyclic) bond motifs is 2. The molecule has 4 aliphatic heterocycles. The van der Waals surface area contributed by atoms with Crippen LogP contribution in [-0.4, -0.2) is 80.6 Å². The second kappa shape index (κ2) is 9.45. The lowest BCUT2D eigenvalue weighted by molar-refractivity contribution is -0.154. The van der Waals surface area contributed by atoms with Gasteiger partial charge in [0.2, 0.25) is 11.8 Å². The van der Waals surface area contributed by atoms with Crippen LogP contribution in [0.15, 0.2) is 24.3 Å². The Balaban J connectivity index is 1.81. The fourth-order valence-electron chi connectivity index (χ4n) is 6.11. The Bertz CT molecular complexity index is 860. The van der Waals surface area contributed by atoms with E-state index in [1.807, 2.05) is 30.1 Å². The summed E-state index contributed by atoms with van der Waals surface area (Å²) in [5, 5.41) is 9.29. The summed E-state index contributed by atoms with van der Waals surface area (Å²) in [6.45, 7) is 7.42. The van der Waals surface area contributed by atoms with Gasteiger partial charge in [0.15, 0.2) is 0 Å². The molecule has 4 rings (SSSR count). The molecule has 4 heterocycles. The molecule has 6 atom stereocenters. The Hall–Kier alpha value is -1.80. The number of ether oxygens (including phenoxy) is 1. The highest BCUT2D eigenvalue weighted by molar-refractivity contribution is 8.02. The third kappa shape index (κ3) is 3.93. The highest BCUT2D eigenvalue weighted by Crippen LogP contribution is 2.65. The van der Waals surface area contributed by atoms with Crippen LogP contribution in [0.5, 0.6) is 0 Å². The average Bonchev–Trinajstić information content (AvgIpc) is 3.07. The highest BCUT2D eigenvalue weighted by Gasteiger charge is 2.73. The largest absolute Gasteiger partial charge is 0.465 e. The first-order valence-electron chi connectivity index (χ1n) is 12.2. The first kappa shape index (κ1) is 24.3. The molecule has 8 heteroatoms. The van der Waals surface area contributed by atoms with Crippen LogP contribution in [-0.2, 0) is 19.1 Å². The molecule has 0 radical (unpaired) electrons. The normalized spacial score (nSPS) is 36.6. The van der Waals surface area contributed by atoms with Crippen LogP contribution in [0.2, 0.25) is 0 Å². The van der Waals surface area contributed by atoms with E-state index in [9.17, 15) is 19.5 Å². The number of cyclic esters (lactones) is 1. The predicted octanol–water partition coefficient (Wildman–Crippen LogP) is 2.54. The number of amides is 2. The van der Waals surface area contributed by atoms with Gasteiger partial charge >= 0.3 is 5.97 Å². The molecule has 7 nitrogen and oxygen atoms in total. The van der Waals surface area contributed by atoms with Crippen molar-refractivity contribution in [1.82, 2.24) is 9.80 Å². The zero-order chi connectivity index (χ0) is 23.8. The quantitative estimate of drug-likeness (QED) is 0.345. The predicted molar refractivity (Wildman–Crippen MR) is 127 cm³/mol. The molecular formula is C25H36N2O5S. The van der Waals surface area contributed by atoms with Gasteiger partial charge in [-0.05, 0) is 39.5 Å². The van der Waals surface area contributed by atoms with Gasteiger partial charge in [0.1, 0.15) is 6.04 Å². The summed E-state index contributed by atoms with van der Waals surface area (Å²) in [6, 6.07) is -0.598. The van der Waals surface area contributed by atoms with Crippen molar-refractivity contribution in [3.05, 3.63) is 24.3 Å². The maximum absolute atomic E-state index is 14.1. The van der Waals surface area contributed by atoms with E-state index < -0.39 is 27.4 Å². The molecule has 2 fully saturated rings. The molecule has 4 aliphatic rings. The molecule has 0 bridgehead atoms. The number of hydrogen-bond donors (Lipinski definition) is 1. The fourth-order valence-corrected chi connectivity index (χ4v) is 8.26. The van der Waals surface area contributed by atoms with Crippen LogP contribution in [0.4, 0.5) is 0 Å². The first-order chi connectivity index (χ1) is 15.8. The summed E-state index contributed by atoms with van der Waals surface area (Å²) in [6.07, 6.45) is 11.8. The number of aliphatic hydroxyl groups is 1. The van der Waals surface area contributed by atoms with Crippen LogP contribution in [0.1, 0.15) is 52.9 Å². The topological polar surface area (TPSA) is 87.2 Å². The van der Waals surface area contributed by atoms with Gasteiger partial charge in [0, 0.05) is 30.5 Å². The number of likely N-dealkylation sites (tertiary alicyclic amines) is 1. The summed E-state index contributed by atoms with van der Waals surface area (Å²) in [4.78, 5) is 44.9. The molecule has 2 amide bonds. The standard InChI is InChI=1S/C25H36N2O5S/c1-4-10-17(2)26-14-9-12-25-18(19-23(31)32-16-8-5-11-24(19,3)33-25)21(29)27(13-6-7-15-28)20(25)22(26)30/h5,9,11-12,17-20,28H,4,6-8,10,13-16H2,1-3H3/t17?,18-,19-,20?,24+,25-/m0/s1. The van der Waals surface area contributed by atoms with E-state index in [0.29, 0.717) is 39.0 Å². The van der Waals surface area contributed by atoms with Crippen LogP contribution < -0.4 is 0 Å². The Morgan fingerprint density at radius 1 is 1.18 bits per heavy atom. The highest BCUT2D eigenvalue weighted by atomic mass is 32.2. The lowest BCUT2D eigenvalue weighted by Crippen LogP contribution is -2.55. The molecule has 1 spiro atoms. The summed E-state index contributed by atoms with van der Waals surface area (Å²) < 4.78 is 4.11. The van der Waals surface area contributed by atoms with Crippen molar-refractivity contribution in [1.29, 1.82) is 0 Å². The minimum absolute atomic E-state index is 0.0384. The lowest BCUT2D eigenvalue weighted by atomic mass is 9.74. The lowest BCUT2D eigenvalue weighted by Gasteiger charge is -2.38. The van der Waals surface area contributed by atoms with Crippen molar-refractivity contribution in [3.63, 3.8) is 0 Å². The first-order valence-corrected chi connectivity index (χ1v) is 13.1. The number of carbonyl (C=O) groups is 3. The van der Waals surface area contributed by atoms with Crippen LogP contribution >= 0.6 is 11.8 Å². The molecule has 0 aromatic rings. The van der Waals surface area contributed by atoms with E-state index in [2.05, 4.69) is 19.9 Å². The van der Waals surface area contributed by atoms with Crippen molar-refractivity contribution in [2.45, 2.75) is 74.5 Å². The summed E-state index contributed by atoms with van der Waals surface area (Å²) in [5.74, 6) is -1.82. The summed E-state index contributed by atoms with van der Waals surface area (Å²) >= 11 is 1.58. The number of rotatable bonds is 7. The third-order valence-corrected chi connectivity index (χ3v) is 9.39. The number of nitrogens with zero attached hydrogens (tertiary/aromatic N) is 2. The maximum atomic E-state index is 14.1. The average molecular weight is 477 g/mol. The molecule has 2 saturated heterocycles. The van der Waals surface area contributed by atoms with Crippen LogP contribution in [0.3, 0.4) is 0 Å². The number of esters is 1. The van der Waals surface area contributed by atoms with Gasteiger partial charge in [0.05, 0.1) is 23.2 Å². The minimum atomic E-state index is -0.818. The Morgan fingerprint density at radius 3 is 2.70 bits per heavy atom. The second-order valence-electron chi connectivity index (χ2n) is 9.85.